The number of piperidine rings is 1. The molecule has 0 saturated carbocycles. The first-order valence-electron chi connectivity index (χ1n) is 5.09. The molecule has 16 heavy (non-hydrogen) atoms. The Morgan fingerprint density at radius 1 is 1.44 bits per heavy atom. The predicted octanol–water partition coefficient (Wildman–Crippen LogP) is -0.00140. The maximum Gasteiger partial charge on any atom is 0.280 e. The molecule has 0 aromatic carbocycles. The van der Waals surface area contributed by atoms with Gasteiger partial charge in [0.2, 0.25) is 0 Å². The summed E-state index contributed by atoms with van der Waals surface area (Å²) in [5.74, 6) is -3.44. The number of carbonyl (C=O) groups excluding carboxylic acids is 1. The smallest absolute Gasteiger partial charge is 0.280 e. The van der Waals surface area contributed by atoms with Crippen LogP contribution in [0.2, 0.25) is 0 Å². The van der Waals surface area contributed by atoms with Crippen LogP contribution in [0.1, 0.15) is 12.8 Å². The van der Waals surface area contributed by atoms with Gasteiger partial charge in [-0.05, 0) is 19.4 Å². The SMILES string of the molecule is Cl.O=C1[C@H](O)CCN1[C@H]1CCNCC1(F)F. The molecule has 2 heterocycles. The Balaban J connectivity index is 0.00000128. The summed E-state index contributed by atoms with van der Waals surface area (Å²) in [7, 11) is 0. The third kappa shape index (κ3) is 2.28. The van der Waals surface area contributed by atoms with Gasteiger partial charge in [-0.3, -0.25) is 4.79 Å². The van der Waals surface area contributed by atoms with Gasteiger partial charge >= 0.3 is 0 Å². The van der Waals surface area contributed by atoms with Crippen molar-refractivity contribution in [1.29, 1.82) is 0 Å². The quantitative estimate of drug-likeness (QED) is 0.694. The van der Waals surface area contributed by atoms with Gasteiger partial charge in [-0.2, -0.15) is 0 Å². The largest absolute Gasteiger partial charge is 0.383 e. The Bertz CT molecular complexity index is 278. The van der Waals surface area contributed by atoms with Crippen molar-refractivity contribution in [1.82, 2.24) is 10.2 Å². The first-order valence-corrected chi connectivity index (χ1v) is 5.09. The van der Waals surface area contributed by atoms with E-state index in [1.165, 1.54) is 0 Å². The van der Waals surface area contributed by atoms with E-state index < -0.39 is 30.5 Å². The van der Waals surface area contributed by atoms with Crippen LogP contribution in [-0.2, 0) is 4.79 Å². The predicted molar refractivity (Wildman–Crippen MR) is 55.8 cm³/mol. The van der Waals surface area contributed by atoms with Crippen LogP contribution in [0.5, 0.6) is 0 Å². The molecule has 4 nitrogen and oxygen atoms in total. The van der Waals surface area contributed by atoms with Crippen LogP contribution >= 0.6 is 12.4 Å². The highest BCUT2D eigenvalue weighted by Gasteiger charge is 2.49. The summed E-state index contributed by atoms with van der Waals surface area (Å²) in [6, 6.07) is -1.05. The van der Waals surface area contributed by atoms with Crippen molar-refractivity contribution < 1.29 is 18.7 Å². The Labute approximate surface area is 98.4 Å². The first kappa shape index (κ1) is 13.6. The molecule has 0 aliphatic carbocycles. The lowest BCUT2D eigenvalue weighted by atomic mass is 10.0. The second-order valence-corrected chi connectivity index (χ2v) is 4.08. The third-order valence-electron chi connectivity index (χ3n) is 3.03. The third-order valence-corrected chi connectivity index (χ3v) is 3.03. The summed E-state index contributed by atoms with van der Waals surface area (Å²) in [6.07, 6.45) is -0.583. The van der Waals surface area contributed by atoms with E-state index in [-0.39, 0.29) is 31.8 Å². The Morgan fingerprint density at radius 3 is 2.62 bits per heavy atom. The fourth-order valence-electron chi connectivity index (χ4n) is 2.20. The van der Waals surface area contributed by atoms with E-state index in [0.717, 1.165) is 4.90 Å². The highest BCUT2D eigenvalue weighted by molar-refractivity contribution is 5.85. The number of amides is 1. The van der Waals surface area contributed by atoms with E-state index in [1.807, 2.05) is 0 Å². The van der Waals surface area contributed by atoms with Gasteiger partial charge in [-0.1, -0.05) is 0 Å². The number of aliphatic hydroxyl groups is 1. The molecule has 0 aromatic rings. The second-order valence-electron chi connectivity index (χ2n) is 4.08. The average molecular weight is 257 g/mol. The van der Waals surface area contributed by atoms with Crippen molar-refractivity contribution in [3.63, 3.8) is 0 Å². The second kappa shape index (κ2) is 4.81. The molecular formula is C9H15ClF2N2O2. The monoisotopic (exact) mass is 256 g/mol. The van der Waals surface area contributed by atoms with Gasteiger partial charge in [0.25, 0.3) is 11.8 Å². The van der Waals surface area contributed by atoms with Crippen LogP contribution in [0.15, 0.2) is 0 Å². The van der Waals surface area contributed by atoms with Crippen molar-refractivity contribution >= 4 is 18.3 Å². The van der Waals surface area contributed by atoms with E-state index >= 15 is 0 Å². The number of alkyl halides is 2. The van der Waals surface area contributed by atoms with Crippen molar-refractivity contribution in [2.24, 2.45) is 0 Å². The summed E-state index contributed by atoms with van der Waals surface area (Å²) in [5, 5.41) is 11.8. The minimum absolute atomic E-state index is 0. The number of carbonyl (C=O) groups is 1. The van der Waals surface area contributed by atoms with Crippen molar-refractivity contribution in [3.8, 4) is 0 Å². The molecule has 2 aliphatic rings. The van der Waals surface area contributed by atoms with Gasteiger partial charge in [0.15, 0.2) is 0 Å². The van der Waals surface area contributed by atoms with Crippen LogP contribution in [0.4, 0.5) is 8.78 Å². The van der Waals surface area contributed by atoms with Crippen LogP contribution in [0.3, 0.4) is 0 Å². The van der Waals surface area contributed by atoms with E-state index in [2.05, 4.69) is 5.32 Å². The lowest BCUT2D eigenvalue weighted by Gasteiger charge is -2.37. The molecule has 0 bridgehead atoms. The number of likely N-dealkylation sites (tertiary alicyclic amines) is 1. The average Bonchev–Trinajstić information content (AvgIpc) is 2.48. The molecule has 2 saturated heterocycles. The number of hydrogen-bond donors (Lipinski definition) is 2. The normalized spacial score (nSPS) is 33.7. The fourth-order valence-corrected chi connectivity index (χ4v) is 2.20. The Kier molecular flexibility index (Phi) is 4.09. The zero-order valence-electron chi connectivity index (χ0n) is 8.66. The molecule has 7 heteroatoms. The van der Waals surface area contributed by atoms with Gasteiger partial charge in [-0.15, -0.1) is 12.4 Å². The van der Waals surface area contributed by atoms with E-state index in [9.17, 15) is 18.7 Å². The Morgan fingerprint density at radius 2 is 2.12 bits per heavy atom. The summed E-state index contributed by atoms with van der Waals surface area (Å²) >= 11 is 0. The van der Waals surface area contributed by atoms with Crippen LogP contribution < -0.4 is 5.32 Å². The topological polar surface area (TPSA) is 52.6 Å². The lowest BCUT2D eigenvalue weighted by molar-refractivity contribution is -0.148. The molecule has 2 fully saturated rings. The van der Waals surface area contributed by atoms with Crippen molar-refractivity contribution in [2.75, 3.05) is 19.6 Å². The maximum atomic E-state index is 13.5. The zero-order valence-corrected chi connectivity index (χ0v) is 9.47. The fraction of sp³-hybridized carbons (Fsp3) is 0.889. The van der Waals surface area contributed by atoms with E-state index in [0.29, 0.717) is 6.54 Å². The summed E-state index contributed by atoms with van der Waals surface area (Å²) < 4.78 is 27.0. The molecule has 0 spiro atoms. The van der Waals surface area contributed by atoms with Crippen molar-refractivity contribution in [3.05, 3.63) is 0 Å². The lowest BCUT2D eigenvalue weighted by Crippen LogP contribution is -2.58. The number of nitrogens with one attached hydrogen (secondary N) is 1. The van der Waals surface area contributed by atoms with Gasteiger partial charge < -0.3 is 15.3 Å². The molecule has 0 aromatic heterocycles. The van der Waals surface area contributed by atoms with Crippen LogP contribution in [-0.4, -0.2) is 53.6 Å². The number of nitrogens with zero attached hydrogens (tertiary/aromatic N) is 1. The summed E-state index contributed by atoms with van der Waals surface area (Å²) in [4.78, 5) is 12.5. The highest BCUT2D eigenvalue weighted by Crippen LogP contribution is 2.30. The summed E-state index contributed by atoms with van der Waals surface area (Å²) in [6.45, 7) is 0.331. The van der Waals surface area contributed by atoms with Crippen molar-refractivity contribution in [2.45, 2.75) is 30.9 Å². The van der Waals surface area contributed by atoms with Crippen LogP contribution in [0, 0.1) is 0 Å². The maximum absolute atomic E-state index is 13.5. The van der Waals surface area contributed by atoms with E-state index in [1.54, 1.807) is 0 Å². The molecular weight excluding hydrogens is 242 g/mol. The van der Waals surface area contributed by atoms with Gasteiger partial charge in [0.05, 0.1) is 12.6 Å². The molecule has 2 atom stereocenters. The minimum Gasteiger partial charge on any atom is -0.383 e. The van der Waals surface area contributed by atoms with E-state index in [4.69, 9.17) is 0 Å². The molecule has 0 radical (unpaired) electrons. The number of halogens is 3. The molecule has 0 unspecified atom stereocenters. The number of hydrogen-bond acceptors (Lipinski definition) is 3. The summed E-state index contributed by atoms with van der Waals surface area (Å²) in [5.41, 5.74) is 0. The van der Waals surface area contributed by atoms with Crippen LogP contribution in [0.25, 0.3) is 0 Å². The Hall–Kier alpha value is -0.460. The van der Waals surface area contributed by atoms with Gasteiger partial charge in [0.1, 0.15) is 6.10 Å². The molecule has 2 aliphatic heterocycles. The van der Waals surface area contributed by atoms with Gasteiger partial charge in [-0.25, -0.2) is 8.78 Å². The zero-order chi connectivity index (χ0) is 11.1. The minimum atomic E-state index is -2.89. The number of aliphatic hydroxyl groups excluding tert-OH is 1. The number of rotatable bonds is 1. The molecule has 2 rings (SSSR count). The molecule has 2 N–H and O–H groups in total. The first-order chi connectivity index (χ1) is 7.02. The molecule has 1 amide bonds. The highest BCUT2D eigenvalue weighted by atomic mass is 35.5. The van der Waals surface area contributed by atoms with Gasteiger partial charge in [0, 0.05) is 6.54 Å². The standard InChI is InChI=1S/C9H14F2N2O2.ClH/c10-9(11)5-12-3-1-7(9)13-4-2-6(14)8(13)15;/h6-7,12,14H,1-5H2;1H/t6-,7+;/m1./s1. The molecule has 94 valence electrons.